The van der Waals surface area contributed by atoms with Gasteiger partial charge in [0.25, 0.3) is 5.91 Å². The first-order valence-electron chi connectivity index (χ1n) is 8.30. The lowest BCUT2D eigenvalue weighted by Crippen LogP contribution is -2.52. The highest BCUT2D eigenvalue weighted by Crippen LogP contribution is 2.25. The van der Waals surface area contributed by atoms with E-state index in [9.17, 15) is 9.59 Å². The zero-order chi connectivity index (χ0) is 17.1. The highest BCUT2D eigenvalue weighted by molar-refractivity contribution is 6.42. The van der Waals surface area contributed by atoms with Gasteiger partial charge in [-0.1, -0.05) is 23.2 Å². The summed E-state index contributed by atoms with van der Waals surface area (Å²) in [4.78, 5) is 29.0. The van der Waals surface area contributed by atoms with E-state index < -0.39 is 0 Å². The monoisotopic (exact) mass is 369 g/mol. The van der Waals surface area contributed by atoms with E-state index >= 15 is 0 Å². The van der Waals surface area contributed by atoms with E-state index in [2.05, 4.69) is 5.32 Å². The molecular weight excluding hydrogens is 349 g/mol. The van der Waals surface area contributed by atoms with Crippen LogP contribution in [0, 0.1) is 5.92 Å². The van der Waals surface area contributed by atoms with Gasteiger partial charge in [-0.05, 0) is 31.0 Å². The van der Waals surface area contributed by atoms with Crippen LogP contribution in [0.5, 0.6) is 0 Å². The molecule has 1 aromatic rings. The van der Waals surface area contributed by atoms with Crippen LogP contribution >= 0.6 is 23.2 Å². The van der Waals surface area contributed by atoms with Gasteiger partial charge in [-0.25, -0.2) is 0 Å². The van der Waals surface area contributed by atoms with Crippen molar-refractivity contribution in [2.24, 2.45) is 5.92 Å². The topological polar surface area (TPSA) is 52.7 Å². The molecule has 0 radical (unpaired) electrons. The number of amides is 2. The summed E-state index contributed by atoms with van der Waals surface area (Å²) in [6, 6.07) is 4.90. The lowest BCUT2D eigenvalue weighted by atomic mass is 9.95. The summed E-state index contributed by atoms with van der Waals surface area (Å²) < 4.78 is 0. The van der Waals surface area contributed by atoms with Crippen molar-refractivity contribution < 1.29 is 9.59 Å². The zero-order valence-electron chi connectivity index (χ0n) is 13.4. The number of piperidine rings is 1. The predicted octanol–water partition coefficient (Wildman–Crippen LogP) is 2.28. The number of carbonyl (C=O) groups excluding carboxylic acids is 2. The molecule has 1 atom stereocenters. The maximum atomic E-state index is 12.7. The highest BCUT2D eigenvalue weighted by Gasteiger charge is 2.32. The Hall–Kier alpha value is -1.30. The summed E-state index contributed by atoms with van der Waals surface area (Å²) >= 11 is 11.9. The third kappa shape index (κ3) is 3.85. The van der Waals surface area contributed by atoms with Gasteiger partial charge in [-0.2, -0.15) is 0 Å². The Morgan fingerprint density at radius 3 is 2.50 bits per heavy atom. The first-order chi connectivity index (χ1) is 11.6. The SMILES string of the molecule is O=C(c1ccc(Cl)c(Cl)c1)N1CCCC(C(=O)N2CCNCC2)C1. The summed E-state index contributed by atoms with van der Waals surface area (Å²) in [5.74, 6) is -0.0295. The molecule has 130 valence electrons. The number of benzene rings is 1. The molecule has 2 saturated heterocycles. The van der Waals surface area contributed by atoms with Gasteiger partial charge in [0.2, 0.25) is 5.91 Å². The fourth-order valence-corrected chi connectivity index (χ4v) is 3.62. The van der Waals surface area contributed by atoms with Crippen molar-refractivity contribution in [1.29, 1.82) is 0 Å². The number of likely N-dealkylation sites (tertiary alicyclic amines) is 1. The second-order valence-electron chi connectivity index (χ2n) is 6.29. The molecule has 2 heterocycles. The van der Waals surface area contributed by atoms with E-state index in [4.69, 9.17) is 23.2 Å². The molecule has 5 nitrogen and oxygen atoms in total. The van der Waals surface area contributed by atoms with E-state index in [1.165, 1.54) is 0 Å². The Labute approximate surface area is 151 Å². The third-order valence-electron chi connectivity index (χ3n) is 4.65. The number of piperazine rings is 1. The summed E-state index contributed by atoms with van der Waals surface area (Å²) in [6.07, 6.45) is 1.68. The lowest BCUT2D eigenvalue weighted by molar-refractivity contribution is -0.137. The Kier molecular flexibility index (Phi) is 5.64. The highest BCUT2D eigenvalue weighted by atomic mass is 35.5. The van der Waals surface area contributed by atoms with Crippen molar-refractivity contribution in [3.63, 3.8) is 0 Å². The number of carbonyl (C=O) groups is 2. The number of hydrogen-bond acceptors (Lipinski definition) is 3. The van der Waals surface area contributed by atoms with Crippen molar-refractivity contribution in [2.45, 2.75) is 12.8 Å². The molecule has 2 aliphatic heterocycles. The average molecular weight is 370 g/mol. The van der Waals surface area contributed by atoms with Crippen LogP contribution in [0.15, 0.2) is 18.2 Å². The molecule has 0 aliphatic carbocycles. The largest absolute Gasteiger partial charge is 0.340 e. The molecule has 3 rings (SSSR count). The molecule has 2 fully saturated rings. The number of rotatable bonds is 2. The normalized spacial score (nSPS) is 21.7. The second-order valence-corrected chi connectivity index (χ2v) is 7.11. The van der Waals surface area contributed by atoms with Crippen LogP contribution in [0.2, 0.25) is 10.0 Å². The number of hydrogen-bond donors (Lipinski definition) is 1. The molecule has 0 spiro atoms. The standard InChI is InChI=1S/C17H21Cl2N3O2/c18-14-4-3-12(10-15(14)19)16(23)22-7-1-2-13(11-22)17(24)21-8-5-20-6-9-21/h3-4,10,13,20H,1-2,5-9,11H2. The third-order valence-corrected chi connectivity index (χ3v) is 5.39. The quantitative estimate of drug-likeness (QED) is 0.869. The van der Waals surface area contributed by atoms with E-state index in [0.29, 0.717) is 28.7 Å². The van der Waals surface area contributed by atoms with Gasteiger partial charge in [0.15, 0.2) is 0 Å². The van der Waals surface area contributed by atoms with Crippen LogP contribution < -0.4 is 5.32 Å². The molecule has 1 aromatic carbocycles. The Bertz CT molecular complexity index is 632. The average Bonchev–Trinajstić information content (AvgIpc) is 2.63. The van der Waals surface area contributed by atoms with Crippen LogP contribution in [-0.2, 0) is 4.79 Å². The minimum Gasteiger partial charge on any atom is -0.340 e. The summed E-state index contributed by atoms with van der Waals surface area (Å²) in [7, 11) is 0. The maximum Gasteiger partial charge on any atom is 0.253 e. The van der Waals surface area contributed by atoms with E-state index in [0.717, 1.165) is 39.0 Å². The molecule has 0 aromatic heterocycles. The van der Waals surface area contributed by atoms with Crippen molar-refractivity contribution in [1.82, 2.24) is 15.1 Å². The first kappa shape index (κ1) is 17.5. The van der Waals surface area contributed by atoms with Gasteiger partial charge in [0.1, 0.15) is 0 Å². The van der Waals surface area contributed by atoms with Crippen LogP contribution in [0.3, 0.4) is 0 Å². The fraction of sp³-hybridized carbons (Fsp3) is 0.529. The Balaban J connectivity index is 1.67. The number of nitrogens with zero attached hydrogens (tertiary/aromatic N) is 2. The number of halogens is 2. The summed E-state index contributed by atoms with van der Waals surface area (Å²) in [5, 5.41) is 4.05. The van der Waals surface area contributed by atoms with E-state index in [1.807, 2.05) is 4.90 Å². The molecule has 2 aliphatic rings. The molecule has 0 saturated carbocycles. The molecule has 24 heavy (non-hydrogen) atoms. The molecule has 1 N–H and O–H groups in total. The van der Waals surface area contributed by atoms with Crippen LogP contribution in [0.1, 0.15) is 23.2 Å². The second kappa shape index (κ2) is 7.72. The molecule has 0 bridgehead atoms. The zero-order valence-corrected chi connectivity index (χ0v) is 14.9. The van der Waals surface area contributed by atoms with Gasteiger partial charge < -0.3 is 15.1 Å². The number of nitrogens with one attached hydrogen (secondary N) is 1. The molecular formula is C17H21Cl2N3O2. The van der Waals surface area contributed by atoms with Crippen LogP contribution in [0.4, 0.5) is 0 Å². The van der Waals surface area contributed by atoms with Crippen molar-refractivity contribution in [3.05, 3.63) is 33.8 Å². The van der Waals surface area contributed by atoms with Gasteiger partial charge >= 0.3 is 0 Å². The minimum absolute atomic E-state index is 0.0913. The Morgan fingerprint density at radius 1 is 1.04 bits per heavy atom. The Morgan fingerprint density at radius 2 is 1.79 bits per heavy atom. The van der Waals surface area contributed by atoms with Crippen molar-refractivity contribution in [3.8, 4) is 0 Å². The minimum atomic E-state index is -0.108. The fourth-order valence-electron chi connectivity index (χ4n) is 3.32. The van der Waals surface area contributed by atoms with Gasteiger partial charge in [-0.15, -0.1) is 0 Å². The van der Waals surface area contributed by atoms with Crippen molar-refractivity contribution in [2.75, 3.05) is 39.3 Å². The lowest BCUT2D eigenvalue weighted by Gasteiger charge is -2.36. The molecule has 7 heteroatoms. The maximum absolute atomic E-state index is 12.7. The van der Waals surface area contributed by atoms with E-state index in [1.54, 1.807) is 23.1 Å². The summed E-state index contributed by atoms with van der Waals surface area (Å²) in [6.45, 7) is 4.31. The van der Waals surface area contributed by atoms with Gasteiger partial charge in [0.05, 0.1) is 16.0 Å². The summed E-state index contributed by atoms with van der Waals surface area (Å²) in [5.41, 5.74) is 0.514. The van der Waals surface area contributed by atoms with Crippen LogP contribution in [0.25, 0.3) is 0 Å². The van der Waals surface area contributed by atoms with E-state index in [-0.39, 0.29) is 17.7 Å². The van der Waals surface area contributed by atoms with Gasteiger partial charge in [-0.3, -0.25) is 9.59 Å². The molecule has 1 unspecified atom stereocenters. The van der Waals surface area contributed by atoms with Crippen molar-refractivity contribution >= 4 is 35.0 Å². The predicted molar refractivity (Wildman–Crippen MR) is 94.5 cm³/mol. The first-order valence-corrected chi connectivity index (χ1v) is 9.05. The van der Waals surface area contributed by atoms with Crippen LogP contribution in [-0.4, -0.2) is 60.9 Å². The molecule has 2 amide bonds. The van der Waals surface area contributed by atoms with Gasteiger partial charge in [0, 0.05) is 44.8 Å². The smallest absolute Gasteiger partial charge is 0.253 e.